The van der Waals surface area contributed by atoms with E-state index in [1.807, 2.05) is 0 Å². The molecular formula is C9H7BrS2. The number of fused-ring (bicyclic) bond motifs is 1. The van der Waals surface area contributed by atoms with E-state index in [0.717, 1.165) is 4.90 Å². The second-order valence-electron chi connectivity index (χ2n) is 2.67. The molecule has 0 aliphatic rings. The average Bonchev–Trinajstić information content (AvgIpc) is 2.48. The first-order valence-electron chi connectivity index (χ1n) is 3.55. The van der Waals surface area contributed by atoms with Gasteiger partial charge in [-0.15, -0.1) is 24.0 Å². The van der Waals surface area contributed by atoms with E-state index >= 15 is 0 Å². The molecule has 3 heteroatoms. The highest BCUT2D eigenvalue weighted by Crippen LogP contribution is 2.34. The maximum absolute atomic E-state index is 4.40. The first-order valence-corrected chi connectivity index (χ1v) is 5.67. The second-order valence-corrected chi connectivity index (χ2v) is 4.89. The summed E-state index contributed by atoms with van der Waals surface area (Å²) in [6.07, 6.45) is 0. The molecule has 0 saturated heterocycles. The molecule has 0 N–H and O–H groups in total. The van der Waals surface area contributed by atoms with E-state index in [1.165, 1.54) is 20.1 Å². The standard InChI is InChI=1S/C9H7BrS2/c1-5-7(11)4-8-6(9(5)10)2-3-12-8/h2-4,11H,1H3. The molecule has 0 spiro atoms. The van der Waals surface area contributed by atoms with Crippen molar-refractivity contribution in [3.63, 3.8) is 0 Å². The van der Waals surface area contributed by atoms with Gasteiger partial charge in [-0.05, 0) is 45.9 Å². The molecule has 2 aromatic rings. The molecule has 0 nitrogen and oxygen atoms in total. The molecule has 0 atom stereocenters. The maximum atomic E-state index is 4.40. The van der Waals surface area contributed by atoms with Crippen LogP contribution in [0.2, 0.25) is 0 Å². The Morgan fingerprint density at radius 3 is 3.00 bits per heavy atom. The van der Waals surface area contributed by atoms with Gasteiger partial charge in [0.05, 0.1) is 0 Å². The van der Waals surface area contributed by atoms with Gasteiger partial charge < -0.3 is 0 Å². The molecule has 1 aromatic carbocycles. The summed E-state index contributed by atoms with van der Waals surface area (Å²) in [5.41, 5.74) is 1.21. The Morgan fingerprint density at radius 2 is 2.25 bits per heavy atom. The lowest BCUT2D eigenvalue weighted by molar-refractivity contribution is 1.32. The number of thiol groups is 1. The van der Waals surface area contributed by atoms with Crippen molar-refractivity contribution in [1.82, 2.24) is 0 Å². The Hall–Kier alpha value is 0.01000. The van der Waals surface area contributed by atoms with Crippen molar-refractivity contribution >= 4 is 50.0 Å². The van der Waals surface area contributed by atoms with Gasteiger partial charge in [0.2, 0.25) is 0 Å². The zero-order valence-electron chi connectivity index (χ0n) is 6.47. The molecule has 1 heterocycles. The lowest BCUT2D eigenvalue weighted by atomic mass is 10.2. The minimum atomic E-state index is 1.05. The number of halogens is 1. The predicted molar refractivity (Wildman–Crippen MR) is 61.5 cm³/mol. The van der Waals surface area contributed by atoms with Crippen molar-refractivity contribution < 1.29 is 0 Å². The summed E-state index contributed by atoms with van der Waals surface area (Å²) in [5.74, 6) is 0. The van der Waals surface area contributed by atoms with Gasteiger partial charge >= 0.3 is 0 Å². The Kier molecular flexibility index (Phi) is 2.19. The Balaban J connectivity index is 2.94. The molecule has 0 aliphatic carbocycles. The highest BCUT2D eigenvalue weighted by molar-refractivity contribution is 9.10. The number of thiophene rings is 1. The van der Waals surface area contributed by atoms with Crippen LogP contribution in [0.1, 0.15) is 5.56 Å². The zero-order valence-corrected chi connectivity index (χ0v) is 9.76. The van der Waals surface area contributed by atoms with E-state index in [0.29, 0.717) is 0 Å². The van der Waals surface area contributed by atoms with E-state index in [1.54, 1.807) is 11.3 Å². The summed E-state index contributed by atoms with van der Waals surface area (Å²) in [6.45, 7) is 2.07. The van der Waals surface area contributed by atoms with Crippen LogP contribution in [0.15, 0.2) is 26.9 Å². The predicted octanol–water partition coefficient (Wildman–Crippen LogP) is 4.26. The highest BCUT2D eigenvalue weighted by atomic mass is 79.9. The van der Waals surface area contributed by atoms with Crippen LogP contribution < -0.4 is 0 Å². The van der Waals surface area contributed by atoms with E-state index < -0.39 is 0 Å². The zero-order chi connectivity index (χ0) is 8.72. The highest BCUT2D eigenvalue weighted by Gasteiger charge is 2.05. The van der Waals surface area contributed by atoms with Crippen molar-refractivity contribution in [2.75, 3.05) is 0 Å². The molecule has 0 saturated carbocycles. The topological polar surface area (TPSA) is 0 Å². The van der Waals surface area contributed by atoms with Gasteiger partial charge in [-0.25, -0.2) is 0 Å². The summed E-state index contributed by atoms with van der Waals surface area (Å²) in [5, 5.41) is 3.39. The summed E-state index contributed by atoms with van der Waals surface area (Å²) in [6, 6.07) is 4.24. The van der Waals surface area contributed by atoms with E-state index in [9.17, 15) is 0 Å². The molecule has 0 fully saturated rings. The molecule has 0 aliphatic heterocycles. The quantitative estimate of drug-likeness (QED) is 0.671. The van der Waals surface area contributed by atoms with E-state index in [-0.39, 0.29) is 0 Å². The van der Waals surface area contributed by atoms with Crippen LogP contribution in [0.25, 0.3) is 10.1 Å². The Morgan fingerprint density at radius 1 is 1.50 bits per heavy atom. The summed E-state index contributed by atoms with van der Waals surface area (Å²) in [4.78, 5) is 1.05. The molecule has 0 bridgehead atoms. The largest absolute Gasteiger partial charge is 0.144 e. The molecule has 12 heavy (non-hydrogen) atoms. The van der Waals surface area contributed by atoms with E-state index in [4.69, 9.17) is 0 Å². The number of benzene rings is 1. The Labute approximate surface area is 89.1 Å². The molecule has 0 radical (unpaired) electrons. The SMILES string of the molecule is Cc1c(S)cc2sccc2c1Br. The third kappa shape index (κ3) is 1.20. The monoisotopic (exact) mass is 258 g/mol. The van der Waals surface area contributed by atoms with Crippen molar-refractivity contribution in [2.45, 2.75) is 11.8 Å². The number of rotatable bonds is 0. The van der Waals surface area contributed by atoms with Crippen molar-refractivity contribution in [2.24, 2.45) is 0 Å². The third-order valence-electron chi connectivity index (χ3n) is 1.91. The van der Waals surface area contributed by atoms with Gasteiger partial charge in [0.25, 0.3) is 0 Å². The van der Waals surface area contributed by atoms with Crippen LogP contribution >= 0.6 is 39.9 Å². The Bertz CT molecular complexity index is 431. The van der Waals surface area contributed by atoms with Crippen LogP contribution in [0.5, 0.6) is 0 Å². The van der Waals surface area contributed by atoms with Crippen molar-refractivity contribution in [3.8, 4) is 0 Å². The smallest absolute Gasteiger partial charge is 0.0365 e. The van der Waals surface area contributed by atoms with Crippen molar-refractivity contribution in [3.05, 3.63) is 27.5 Å². The first-order chi connectivity index (χ1) is 5.70. The number of hydrogen-bond donors (Lipinski definition) is 1. The van der Waals surface area contributed by atoms with Crippen LogP contribution in [0.4, 0.5) is 0 Å². The lowest BCUT2D eigenvalue weighted by Crippen LogP contribution is -1.78. The fourth-order valence-corrected chi connectivity index (χ4v) is 3.17. The maximum Gasteiger partial charge on any atom is 0.0365 e. The lowest BCUT2D eigenvalue weighted by Gasteiger charge is -2.02. The molecule has 1 aromatic heterocycles. The fourth-order valence-electron chi connectivity index (χ4n) is 1.16. The third-order valence-corrected chi connectivity index (χ3v) is 4.26. The van der Waals surface area contributed by atoms with Gasteiger partial charge in [-0.3, -0.25) is 0 Å². The van der Waals surface area contributed by atoms with Gasteiger partial charge in [0.1, 0.15) is 0 Å². The molecule has 2 rings (SSSR count). The fraction of sp³-hybridized carbons (Fsp3) is 0.111. The minimum absolute atomic E-state index is 1.05. The number of hydrogen-bond acceptors (Lipinski definition) is 2. The van der Waals surface area contributed by atoms with Crippen LogP contribution in [-0.2, 0) is 0 Å². The van der Waals surface area contributed by atoms with Crippen molar-refractivity contribution in [1.29, 1.82) is 0 Å². The summed E-state index contributed by atoms with van der Waals surface area (Å²) >= 11 is 9.71. The molecular weight excluding hydrogens is 252 g/mol. The second kappa shape index (κ2) is 3.05. The minimum Gasteiger partial charge on any atom is -0.144 e. The van der Waals surface area contributed by atoms with Gasteiger partial charge in [-0.1, -0.05) is 0 Å². The van der Waals surface area contributed by atoms with Crippen LogP contribution in [0, 0.1) is 6.92 Å². The van der Waals surface area contributed by atoms with Gasteiger partial charge in [0.15, 0.2) is 0 Å². The van der Waals surface area contributed by atoms with Gasteiger partial charge in [0, 0.05) is 19.5 Å². The first kappa shape index (κ1) is 8.60. The molecule has 0 unspecified atom stereocenters. The average molecular weight is 259 g/mol. The normalized spacial score (nSPS) is 10.9. The van der Waals surface area contributed by atoms with Gasteiger partial charge in [-0.2, -0.15) is 0 Å². The molecule has 0 amide bonds. The summed E-state index contributed by atoms with van der Waals surface area (Å²) in [7, 11) is 0. The van der Waals surface area contributed by atoms with Crippen LogP contribution in [0.3, 0.4) is 0 Å². The van der Waals surface area contributed by atoms with Crippen LogP contribution in [-0.4, -0.2) is 0 Å². The summed E-state index contributed by atoms with van der Waals surface area (Å²) < 4.78 is 2.46. The molecule has 62 valence electrons. The van der Waals surface area contributed by atoms with E-state index in [2.05, 4.69) is 53.0 Å².